The average Bonchev–Trinajstić information content (AvgIpc) is 2.73. The number of amides is 1. The van der Waals surface area contributed by atoms with Gasteiger partial charge in [-0.3, -0.25) is 25.0 Å². The van der Waals surface area contributed by atoms with Crippen LogP contribution in [0.3, 0.4) is 0 Å². The highest BCUT2D eigenvalue weighted by Gasteiger charge is 2.23. The quantitative estimate of drug-likeness (QED) is 0.223. The van der Waals surface area contributed by atoms with E-state index in [1.54, 1.807) is 12.1 Å². The van der Waals surface area contributed by atoms with E-state index in [9.17, 15) is 25.0 Å². The highest BCUT2D eigenvalue weighted by Crippen LogP contribution is 2.41. The minimum atomic E-state index is -0.786. The number of azo groups is 1. The van der Waals surface area contributed by atoms with Gasteiger partial charge < -0.3 is 10.1 Å². The van der Waals surface area contributed by atoms with Crippen molar-refractivity contribution < 1.29 is 19.4 Å². The van der Waals surface area contributed by atoms with Crippen molar-refractivity contribution >= 4 is 50.3 Å². The second-order valence-corrected chi connectivity index (χ2v) is 7.68. The lowest BCUT2D eigenvalue weighted by atomic mass is 10.1. The number of nitro benzene ring substituents is 2. The fourth-order valence-corrected chi connectivity index (χ4v) is 3.18. The predicted octanol–water partition coefficient (Wildman–Crippen LogP) is 7.02. The van der Waals surface area contributed by atoms with Crippen LogP contribution >= 0.6 is 15.9 Å². The Morgan fingerprint density at radius 2 is 1.73 bits per heavy atom. The molecule has 2 aromatic carbocycles. The van der Waals surface area contributed by atoms with Crippen LogP contribution in [-0.2, 0) is 11.2 Å². The molecule has 0 aliphatic rings. The zero-order valence-corrected chi connectivity index (χ0v) is 20.6. The topological polar surface area (TPSA) is 149 Å². The summed E-state index contributed by atoms with van der Waals surface area (Å²) in [5.41, 5.74) is 0.173. The Balaban J connectivity index is 0.00000172. The molecule has 0 aromatic heterocycles. The van der Waals surface area contributed by atoms with Crippen LogP contribution in [0.15, 0.2) is 39.0 Å². The third-order valence-electron chi connectivity index (χ3n) is 3.92. The number of nitrogens with zero attached hydrogens (tertiary/aromatic N) is 4. The molecule has 0 unspecified atom stereocenters. The minimum Gasteiger partial charge on any atom is -0.496 e. The Bertz CT molecular complexity index is 1060. The maximum absolute atomic E-state index is 11.6. The van der Waals surface area contributed by atoms with Crippen molar-refractivity contribution in [2.24, 2.45) is 10.2 Å². The second kappa shape index (κ2) is 13.2. The number of rotatable bonds is 8. The van der Waals surface area contributed by atoms with E-state index in [4.69, 9.17) is 4.74 Å². The van der Waals surface area contributed by atoms with E-state index in [2.05, 4.69) is 45.3 Å². The summed E-state index contributed by atoms with van der Waals surface area (Å²) in [7, 11) is 1.49. The number of nitrogens with one attached hydrogen (secondary N) is 1. The average molecular weight is 524 g/mol. The lowest BCUT2D eigenvalue weighted by molar-refractivity contribution is -0.393. The number of non-ortho nitro benzene ring substituents is 1. The number of halogens is 1. The van der Waals surface area contributed by atoms with Gasteiger partial charge in [-0.25, -0.2) is 0 Å². The Morgan fingerprint density at radius 3 is 2.21 bits per heavy atom. The fourth-order valence-electron chi connectivity index (χ4n) is 2.66. The van der Waals surface area contributed by atoms with Crippen LogP contribution in [0.1, 0.15) is 46.1 Å². The van der Waals surface area contributed by atoms with Crippen molar-refractivity contribution in [1.29, 1.82) is 0 Å². The summed E-state index contributed by atoms with van der Waals surface area (Å²) in [5, 5.41) is 33.0. The van der Waals surface area contributed by atoms with Gasteiger partial charge in [0.1, 0.15) is 11.4 Å². The molecule has 0 heterocycles. The standard InChI is InChI=1S/C18H18BrN5O6.C3H8/c1-4-5-11-6-14(20-10(2)25)15(9-17(11)30-3)21-22-18-13(19)7-12(23(26)27)8-16(18)24(28)29;1-3-2/h6-9H,4-5H2,1-3H3,(H,20,25);3H2,1-2H3. The van der Waals surface area contributed by atoms with Crippen LogP contribution in [0.25, 0.3) is 0 Å². The van der Waals surface area contributed by atoms with Gasteiger partial charge in [0.2, 0.25) is 5.91 Å². The summed E-state index contributed by atoms with van der Waals surface area (Å²) in [6.07, 6.45) is 2.80. The zero-order valence-electron chi connectivity index (χ0n) is 19.0. The SMILES string of the molecule is CCC.CCCc1cc(NC(C)=O)c(N=Nc2c(Br)cc([N+](=O)[O-])cc2[N+](=O)[O-])cc1OC. The molecule has 0 atom stereocenters. The van der Waals surface area contributed by atoms with E-state index < -0.39 is 21.2 Å². The van der Waals surface area contributed by atoms with E-state index in [1.165, 1.54) is 20.5 Å². The van der Waals surface area contributed by atoms with Crippen molar-refractivity contribution in [2.45, 2.75) is 47.0 Å². The summed E-state index contributed by atoms with van der Waals surface area (Å²) in [6, 6.07) is 5.17. The Labute approximate surface area is 199 Å². The largest absolute Gasteiger partial charge is 0.496 e. The minimum absolute atomic E-state index is 0.0304. The molecule has 0 saturated carbocycles. The third kappa shape index (κ3) is 7.90. The van der Waals surface area contributed by atoms with Gasteiger partial charge >= 0.3 is 5.69 Å². The number of hydrogen-bond acceptors (Lipinski definition) is 8. The van der Waals surface area contributed by atoms with Crippen LogP contribution in [-0.4, -0.2) is 22.9 Å². The molecule has 0 spiro atoms. The number of ether oxygens (including phenoxy) is 1. The number of hydrogen-bond donors (Lipinski definition) is 1. The van der Waals surface area contributed by atoms with Crippen molar-refractivity contribution in [3.8, 4) is 5.75 Å². The number of carbonyl (C=O) groups excluding carboxylic acids is 1. The predicted molar refractivity (Wildman–Crippen MR) is 129 cm³/mol. The molecular formula is C21H26BrN5O6. The monoisotopic (exact) mass is 523 g/mol. The van der Waals surface area contributed by atoms with Crippen molar-refractivity contribution in [3.63, 3.8) is 0 Å². The maximum Gasteiger partial charge on any atom is 0.304 e. The number of benzene rings is 2. The lowest BCUT2D eigenvalue weighted by Gasteiger charge is -2.13. The molecule has 0 aliphatic heterocycles. The van der Waals surface area contributed by atoms with Crippen LogP contribution in [0.5, 0.6) is 5.75 Å². The fraction of sp³-hybridized carbons (Fsp3) is 0.381. The van der Waals surface area contributed by atoms with Crippen LogP contribution < -0.4 is 10.1 Å². The second-order valence-electron chi connectivity index (χ2n) is 6.83. The molecule has 0 saturated heterocycles. The molecule has 0 fully saturated rings. The summed E-state index contributed by atoms with van der Waals surface area (Å²) < 4.78 is 5.40. The van der Waals surface area contributed by atoms with Crippen molar-refractivity contribution in [3.05, 3.63) is 54.5 Å². The number of methoxy groups -OCH3 is 1. The van der Waals surface area contributed by atoms with Crippen LogP contribution in [0.2, 0.25) is 0 Å². The Kier molecular flexibility index (Phi) is 11.1. The Morgan fingerprint density at radius 1 is 1.09 bits per heavy atom. The highest BCUT2D eigenvalue weighted by molar-refractivity contribution is 9.10. The van der Waals surface area contributed by atoms with Gasteiger partial charge in [-0.2, -0.15) is 0 Å². The van der Waals surface area contributed by atoms with Gasteiger partial charge in [-0.05, 0) is 34.0 Å². The van der Waals surface area contributed by atoms with Crippen molar-refractivity contribution in [1.82, 2.24) is 0 Å². The molecule has 178 valence electrons. The molecule has 1 amide bonds. The number of anilines is 1. The first kappa shape index (κ1) is 27.6. The molecule has 2 rings (SSSR count). The first-order valence-electron chi connectivity index (χ1n) is 10.1. The van der Waals surface area contributed by atoms with E-state index in [0.717, 1.165) is 24.1 Å². The van der Waals surface area contributed by atoms with Gasteiger partial charge in [-0.1, -0.05) is 33.6 Å². The summed E-state index contributed by atoms with van der Waals surface area (Å²) in [5.74, 6) is 0.193. The van der Waals surface area contributed by atoms with E-state index in [0.29, 0.717) is 17.9 Å². The van der Waals surface area contributed by atoms with Crippen LogP contribution in [0.4, 0.5) is 28.4 Å². The summed E-state index contributed by atoms with van der Waals surface area (Å²) in [6.45, 7) is 7.58. The lowest BCUT2D eigenvalue weighted by Crippen LogP contribution is -2.07. The molecular weight excluding hydrogens is 498 g/mol. The molecule has 33 heavy (non-hydrogen) atoms. The number of nitro groups is 2. The van der Waals surface area contributed by atoms with Gasteiger partial charge in [0.15, 0.2) is 5.69 Å². The number of carbonyl (C=O) groups is 1. The first-order chi connectivity index (χ1) is 15.6. The van der Waals surface area contributed by atoms with Gasteiger partial charge in [-0.15, -0.1) is 10.2 Å². The summed E-state index contributed by atoms with van der Waals surface area (Å²) in [4.78, 5) is 32.4. The molecule has 1 N–H and O–H groups in total. The van der Waals surface area contributed by atoms with E-state index in [-0.39, 0.29) is 21.8 Å². The van der Waals surface area contributed by atoms with Gasteiger partial charge in [0.25, 0.3) is 5.69 Å². The maximum atomic E-state index is 11.6. The summed E-state index contributed by atoms with van der Waals surface area (Å²) >= 11 is 3.07. The zero-order chi connectivity index (χ0) is 25.1. The molecule has 11 nitrogen and oxygen atoms in total. The normalized spacial score (nSPS) is 10.4. The first-order valence-corrected chi connectivity index (χ1v) is 10.9. The third-order valence-corrected chi connectivity index (χ3v) is 4.53. The van der Waals surface area contributed by atoms with Gasteiger partial charge in [0, 0.05) is 19.1 Å². The molecule has 0 bridgehead atoms. The molecule has 12 heteroatoms. The smallest absolute Gasteiger partial charge is 0.304 e. The van der Waals surface area contributed by atoms with Crippen molar-refractivity contribution in [2.75, 3.05) is 12.4 Å². The Hall–Kier alpha value is -3.41. The van der Waals surface area contributed by atoms with Gasteiger partial charge in [0.05, 0.1) is 33.2 Å². The van der Waals surface area contributed by atoms with E-state index in [1.807, 2.05) is 6.92 Å². The molecule has 2 aromatic rings. The highest BCUT2D eigenvalue weighted by atomic mass is 79.9. The van der Waals surface area contributed by atoms with E-state index >= 15 is 0 Å². The molecule has 0 radical (unpaired) electrons. The van der Waals surface area contributed by atoms with Crippen LogP contribution in [0, 0.1) is 20.2 Å². The number of aryl methyl sites for hydroxylation is 1. The molecule has 0 aliphatic carbocycles.